The van der Waals surface area contributed by atoms with Crippen molar-refractivity contribution in [3.63, 3.8) is 0 Å². The molecule has 0 N–H and O–H groups in total. The highest BCUT2D eigenvalue weighted by atomic mass is 32.2. The van der Waals surface area contributed by atoms with Gasteiger partial charge in [-0.05, 0) is 61.3 Å². The lowest BCUT2D eigenvalue weighted by Gasteiger charge is -2.04. The highest BCUT2D eigenvalue weighted by molar-refractivity contribution is 7.98. The van der Waals surface area contributed by atoms with Gasteiger partial charge in [-0.15, -0.1) is 0 Å². The highest BCUT2D eigenvalue weighted by Gasteiger charge is 2.21. The van der Waals surface area contributed by atoms with Gasteiger partial charge in [0.2, 0.25) is 0 Å². The number of rotatable bonds is 4. The van der Waals surface area contributed by atoms with E-state index < -0.39 is 0 Å². The number of hydrogen-bond acceptors (Lipinski definition) is 4. The second kappa shape index (κ2) is 6.64. The van der Waals surface area contributed by atoms with E-state index in [1.54, 1.807) is 6.20 Å². The second-order valence-corrected chi connectivity index (χ2v) is 5.73. The molecule has 1 aliphatic rings. The van der Waals surface area contributed by atoms with Crippen LogP contribution in [-0.4, -0.2) is 22.8 Å². The molecule has 4 heteroatoms. The number of ether oxygens (including phenoxy) is 1. The van der Waals surface area contributed by atoms with Gasteiger partial charge in [0.25, 0.3) is 0 Å². The largest absolute Gasteiger partial charge is 0.493 e. The maximum absolute atomic E-state index is 5.71. The molecule has 3 rings (SSSR count). The van der Waals surface area contributed by atoms with E-state index in [0.717, 1.165) is 34.7 Å². The smallest absolute Gasteiger partial charge is 0.188 e. The van der Waals surface area contributed by atoms with Crippen molar-refractivity contribution in [3.05, 3.63) is 47.8 Å². The van der Waals surface area contributed by atoms with E-state index in [9.17, 15) is 0 Å². The molecule has 2 aromatic rings. The van der Waals surface area contributed by atoms with Crippen LogP contribution in [0.15, 0.2) is 41.7 Å². The van der Waals surface area contributed by atoms with Gasteiger partial charge < -0.3 is 4.74 Å². The zero-order chi connectivity index (χ0) is 14.5. The van der Waals surface area contributed by atoms with Crippen molar-refractivity contribution in [1.82, 2.24) is 9.97 Å². The Morgan fingerprint density at radius 3 is 2.71 bits per heavy atom. The number of nitrogens with zero attached hydrogens (tertiary/aromatic N) is 2. The van der Waals surface area contributed by atoms with E-state index in [-0.39, 0.29) is 0 Å². The van der Waals surface area contributed by atoms with Gasteiger partial charge in [-0.3, -0.25) is 0 Å². The summed E-state index contributed by atoms with van der Waals surface area (Å²) in [6.07, 6.45) is 6.30. The normalized spacial score (nSPS) is 13.4. The summed E-state index contributed by atoms with van der Waals surface area (Å²) < 4.78 is 5.71. The highest BCUT2D eigenvalue weighted by Crippen LogP contribution is 2.29. The summed E-state index contributed by atoms with van der Waals surface area (Å²) >= 11 is 1.51. The topological polar surface area (TPSA) is 35.0 Å². The number of thioether (sulfide) groups is 1. The molecule has 1 fully saturated rings. The van der Waals surface area contributed by atoms with E-state index in [1.165, 1.54) is 24.6 Å². The molecule has 0 unspecified atom stereocenters. The van der Waals surface area contributed by atoms with Crippen LogP contribution in [0.3, 0.4) is 0 Å². The molecule has 0 bridgehead atoms. The Morgan fingerprint density at radius 2 is 2.00 bits per heavy atom. The molecule has 0 amide bonds. The Hall–Kier alpha value is -1.99. The SMILES string of the molecule is CSc1nccc(C#Cc2ccc(OCC3CC3)cc2)n1. The first kappa shape index (κ1) is 14.0. The Bertz CT molecular complexity index is 669. The molecule has 21 heavy (non-hydrogen) atoms. The number of aromatic nitrogens is 2. The zero-order valence-electron chi connectivity index (χ0n) is 11.9. The van der Waals surface area contributed by atoms with E-state index >= 15 is 0 Å². The third-order valence-corrected chi connectivity index (χ3v) is 3.75. The standard InChI is InChI=1S/C17H16N2OS/c1-21-17-18-11-10-15(19-17)7-4-13-5-8-16(9-6-13)20-12-14-2-3-14/h5-6,8-11,14H,2-3,12H2,1H3. The summed E-state index contributed by atoms with van der Waals surface area (Å²) in [6.45, 7) is 0.837. The Kier molecular flexibility index (Phi) is 4.42. The number of hydrogen-bond donors (Lipinski definition) is 0. The minimum Gasteiger partial charge on any atom is -0.493 e. The maximum atomic E-state index is 5.71. The van der Waals surface area contributed by atoms with Crippen molar-refractivity contribution in [2.45, 2.75) is 18.0 Å². The van der Waals surface area contributed by atoms with Crippen LogP contribution in [0.2, 0.25) is 0 Å². The van der Waals surface area contributed by atoms with Crippen LogP contribution < -0.4 is 4.74 Å². The fraction of sp³-hybridized carbons (Fsp3) is 0.294. The summed E-state index contributed by atoms with van der Waals surface area (Å²) in [4.78, 5) is 8.46. The molecule has 3 nitrogen and oxygen atoms in total. The molecule has 1 aromatic carbocycles. The third-order valence-electron chi connectivity index (χ3n) is 3.19. The average Bonchev–Trinajstić information content (AvgIpc) is 3.36. The zero-order valence-corrected chi connectivity index (χ0v) is 12.7. The van der Waals surface area contributed by atoms with Gasteiger partial charge in [0.15, 0.2) is 5.16 Å². The van der Waals surface area contributed by atoms with Crippen LogP contribution in [0, 0.1) is 17.8 Å². The maximum Gasteiger partial charge on any atom is 0.188 e. The van der Waals surface area contributed by atoms with E-state index in [2.05, 4.69) is 21.8 Å². The van der Waals surface area contributed by atoms with Crippen LogP contribution in [0.1, 0.15) is 24.1 Å². The van der Waals surface area contributed by atoms with Crippen molar-refractivity contribution in [3.8, 4) is 17.6 Å². The van der Waals surface area contributed by atoms with E-state index in [1.807, 2.05) is 36.6 Å². The van der Waals surface area contributed by atoms with Gasteiger partial charge in [-0.25, -0.2) is 9.97 Å². The molecule has 0 saturated heterocycles. The van der Waals surface area contributed by atoms with Gasteiger partial charge in [-0.2, -0.15) is 0 Å². The van der Waals surface area contributed by atoms with E-state index in [4.69, 9.17) is 4.74 Å². The number of benzene rings is 1. The summed E-state index contributed by atoms with van der Waals surface area (Å²) in [5.41, 5.74) is 1.70. The summed E-state index contributed by atoms with van der Waals surface area (Å²) in [6, 6.07) is 9.72. The molecular weight excluding hydrogens is 280 g/mol. The predicted molar refractivity (Wildman–Crippen MR) is 84.5 cm³/mol. The van der Waals surface area contributed by atoms with Crippen LogP contribution in [-0.2, 0) is 0 Å². The van der Waals surface area contributed by atoms with Crippen molar-refractivity contribution in [2.75, 3.05) is 12.9 Å². The molecule has 1 aliphatic carbocycles. The molecule has 1 heterocycles. The molecule has 106 valence electrons. The van der Waals surface area contributed by atoms with Crippen LogP contribution in [0.25, 0.3) is 0 Å². The first-order chi connectivity index (χ1) is 10.3. The first-order valence-electron chi connectivity index (χ1n) is 6.95. The quantitative estimate of drug-likeness (QED) is 0.492. The second-order valence-electron chi connectivity index (χ2n) is 4.96. The van der Waals surface area contributed by atoms with Crippen molar-refractivity contribution in [1.29, 1.82) is 0 Å². The monoisotopic (exact) mass is 296 g/mol. The van der Waals surface area contributed by atoms with Gasteiger partial charge in [0.05, 0.1) is 6.61 Å². The molecule has 0 radical (unpaired) electrons. The average molecular weight is 296 g/mol. The van der Waals surface area contributed by atoms with Crippen molar-refractivity contribution < 1.29 is 4.74 Å². The lowest BCUT2D eigenvalue weighted by atomic mass is 10.2. The minimum absolute atomic E-state index is 0.739. The molecule has 1 aromatic heterocycles. The van der Waals surface area contributed by atoms with Crippen LogP contribution in [0.5, 0.6) is 5.75 Å². The van der Waals surface area contributed by atoms with E-state index in [0.29, 0.717) is 0 Å². The predicted octanol–water partition coefficient (Wildman–Crippen LogP) is 3.39. The lowest BCUT2D eigenvalue weighted by Crippen LogP contribution is -1.98. The molecule has 1 saturated carbocycles. The third kappa shape index (κ3) is 4.24. The fourth-order valence-corrected chi connectivity index (χ4v) is 2.13. The van der Waals surface area contributed by atoms with Crippen LogP contribution in [0.4, 0.5) is 0 Å². The summed E-state index contributed by atoms with van der Waals surface area (Å²) in [5.74, 6) is 7.86. The van der Waals surface area contributed by atoms with Gasteiger partial charge in [0.1, 0.15) is 11.4 Å². The Labute approximate surface area is 129 Å². The Balaban J connectivity index is 1.65. The summed E-state index contributed by atoms with van der Waals surface area (Å²) in [7, 11) is 0. The van der Waals surface area contributed by atoms with Gasteiger partial charge in [0, 0.05) is 11.8 Å². The van der Waals surface area contributed by atoms with Crippen molar-refractivity contribution in [2.24, 2.45) is 5.92 Å². The molecule has 0 aliphatic heterocycles. The fourth-order valence-electron chi connectivity index (χ4n) is 1.78. The molecule has 0 spiro atoms. The molecule has 0 atom stereocenters. The summed E-state index contributed by atoms with van der Waals surface area (Å²) in [5, 5.41) is 0.741. The molecular formula is C17H16N2OS. The van der Waals surface area contributed by atoms with Crippen molar-refractivity contribution >= 4 is 11.8 Å². The minimum atomic E-state index is 0.739. The van der Waals surface area contributed by atoms with Crippen LogP contribution >= 0.6 is 11.8 Å². The lowest BCUT2D eigenvalue weighted by molar-refractivity contribution is 0.300. The first-order valence-corrected chi connectivity index (χ1v) is 8.18. The van der Waals surface area contributed by atoms with Gasteiger partial charge in [-0.1, -0.05) is 17.7 Å². The van der Waals surface area contributed by atoms with Gasteiger partial charge >= 0.3 is 0 Å². The Morgan fingerprint density at radius 1 is 1.19 bits per heavy atom.